The third kappa shape index (κ3) is 2.22. The van der Waals surface area contributed by atoms with E-state index in [1.807, 2.05) is 35.2 Å². The molecule has 2 saturated heterocycles. The van der Waals surface area contributed by atoms with Gasteiger partial charge >= 0.3 is 0 Å². The molecule has 1 amide bonds. The van der Waals surface area contributed by atoms with Gasteiger partial charge < -0.3 is 14.4 Å². The van der Waals surface area contributed by atoms with E-state index in [1.54, 1.807) is 7.11 Å². The van der Waals surface area contributed by atoms with Crippen LogP contribution in [0, 0.1) is 5.92 Å². The summed E-state index contributed by atoms with van der Waals surface area (Å²) in [5.41, 5.74) is 0.342. The van der Waals surface area contributed by atoms with Crippen LogP contribution in [-0.4, -0.2) is 42.3 Å². The summed E-state index contributed by atoms with van der Waals surface area (Å²) in [5, 5.41) is 3.43. The fourth-order valence-electron chi connectivity index (χ4n) is 4.95. The highest BCUT2D eigenvalue weighted by atomic mass is 16.5. The number of carbonyl (C=O) groups is 1. The van der Waals surface area contributed by atoms with Crippen molar-refractivity contribution in [3.8, 4) is 0 Å². The van der Waals surface area contributed by atoms with E-state index in [0.29, 0.717) is 19.3 Å². The molecule has 4 rings (SSSR count). The van der Waals surface area contributed by atoms with Crippen LogP contribution in [-0.2, 0) is 14.3 Å². The van der Waals surface area contributed by atoms with Crippen LogP contribution in [0.5, 0.6) is 0 Å². The van der Waals surface area contributed by atoms with Gasteiger partial charge in [-0.25, -0.2) is 0 Å². The molecule has 0 spiro atoms. The van der Waals surface area contributed by atoms with Gasteiger partial charge in [0.1, 0.15) is 5.54 Å². The summed E-state index contributed by atoms with van der Waals surface area (Å²) in [6.07, 6.45) is 3.77. The van der Waals surface area contributed by atoms with Gasteiger partial charge in [-0.3, -0.25) is 10.1 Å². The smallest absolute Gasteiger partial charge is 0.246 e. The van der Waals surface area contributed by atoms with E-state index in [9.17, 15) is 4.79 Å². The van der Waals surface area contributed by atoms with Gasteiger partial charge in [-0.2, -0.15) is 0 Å². The third-order valence-electron chi connectivity index (χ3n) is 6.09. The van der Waals surface area contributed by atoms with Crippen LogP contribution in [0.2, 0.25) is 0 Å². The van der Waals surface area contributed by atoms with Gasteiger partial charge in [0.25, 0.3) is 0 Å². The molecule has 4 atom stereocenters. The topological polar surface area (TPSA) is 50.8 Å². The van der Waals surface area contributed by atoms with Gasteiger partial charge in [0, 0.05) is 12.7 Å². The molecule has 2 aliphatic heterocycles. The van der Waals surface area contributed by atoms with E-state index >= 15 is 0 Å². The Labute approximate surface area is 143 Å². The second kappa shape index (κ2) is 5.83. The summed E-state index contributed by atoms with van der Waals surface area (Å²) in [6, 6.07) is 10.1. The lowest BCUT2D eigenvalue weighted by molar-refractivity contribution is -0.158. The molecule has 0 aromatic heterocycles. The highest BCUT2D eigenvalue weighted by Crippen LogP contribution is 2.53. The van der Waals surface area contributed by atoms with Crippen LogP contribution in [0.25, 0.3) is 0 Å². The number of ether oxygens (including phenoxy) is 2. The zero-order valence-corrected chi connectivity index (χ0v) is 14.5. The molecule has 1 saturated carbocycles. The van der Waals surface area contributed by atoms with Gasteiger partial charge in [-0.1, -0.05) is 36.8 Å². The van der Waals surface area contributed by atoms with Gasteiger partial charge in [-0.15, -0.1) is 0 Å². The van der Waals surface area contributed by atoms with E-state index in [4.69, 9.17) is 9.47 Å². The van der Waals surface area contributed by atoms with Gasteiger partial charge in [0.2, 0.25) is 5.91 Å². The number of methoxy groups -OCH3 is 1. The maximum absolute atomic E-state index is 13.6. The molecule has 1 aromatic rings. The highest BCUT2D eigenvalue weighted by Gasteiger charge is 2.62. The van der Waals surface area contributed by atoms with Crippen LogP contribution in [0.15, 0.2) is 30.3 Å². The van der Waals surface area contributed by atoms with Gasteiger partial charge in [-0.05, 0) is 32.1 Å². The number of benzene rings is 1. The molecule has 2 unspecified atom stereocenters. The van der Waals surface area contributed by atoms with E-state index in [1.165, 1.54) is 0 Å². The molecule has 0 bridgehead atoms. The number of fused-ring (bicyclic) bond motifs is 2. The van der Waals surface area contributed by atoms with Crippen molar-refractivity contribution >= 4 is 5.91 Å². The molecule has 5 nitrogen and oxygen atoms in total. The molecule has 1 aliphatic carbocycles. The number of piperidine rings is 1. The maximum atomic E-state index is 13.6. The van der Waals surface area contributed by atoms with Crippen molar-refractivity contribution in [2.45, 2.75) is 49.9 Å². The van der Waals surface area contributed by atoms with E-state index in [2.05, 4.69) is 12.2 Å². The second-order valence-corrected chi connectivity index (χ2v) is 7.62. The molecule has 24 heavy (non-hydrogen) atoms. The number of nitrogens with zero attached hydrogens (tertiary/aromatic N) is 1. The first-order valence-electron chi connectivity index (χ1n) is 8.85. The van der Waals surface area contributed by atoms with Crippen molar-refractivity contribution in [2.75, 3.05) is 20.4 Å². The quantitative estimate of drug-likeness (QED) is 0.862. The number of rotatable bonds is 4. The average Bonchev–Trinajstić information content (AvgIpc) is 3.15. The highest BCUT2D eigenvalue weighted by molar-refractivity contribution is 5.89. The Bertz CT molecular complexity index is 622. The first-order chi connectivity index (χ1) is 11.6. The number of carbonyl (C=O) groups excluding carboxylic acids is 1. The largest absolute Gasteiger partial charge is 0.370 e. The van der Waals surface area contributed by atoms with E-state index in [-0.39, 0.29) is 17.7 Å². The van der Waals surface area contributed by atoms with Crippen molar-refractivity contribution in [3.63, 3.8) is 0 Å². The Morgan fingerprint density at radius 3 is 2.92 bits per heavy atom. The zero-order valence-electron chi connectivity index (χ0n) is 14.5. The lowest BCUT2D eigenvalue weighted by atomic mass is 9.72. The van der Waals surface area contributed by atoms with Crippen LogP contribution in [0.1, 0.15) is 44.4 Å². The summed E-state index contributed by atoms with van der Waals surface area (Å²) >= 11 is 0. The van der Waals surface area contributed by atoms with Crippen LogP contribution >= 0.6 is 0 Å². The Kier molecular flexibility index (Phi) is 3.90. The molecule has 0 radical (unpaired) electrons. The number of hydrogen-bond acceptors (Lipinski definition) is 4. The lowest BCUT2D eigenvalue weighted by Crippen LogP contribution is -2.69. The molecule has 2 heterocycles. The Morgan fingerprint density at radius 1 is 1.38 bits per heavy atom. The van der Waals surface area contributed by atoms with Crippen molar-refractivity contribution < 1.29 is 14.3 Å². The third-order valence-corrected chi connectivity index (χ3v) is 6.09. The summed E-state index contributed by atoms with van der Waals surface area (Å²) < 4.78 is 11.4. The Hall–Kier alpha value is -1.43. The standard InChI is InChI=1S/C19H26N2O3/c1-18-11-15-9-6-10-19(15,20-13-23-2)17(22)21(18)16(24-12-18)14-7-4-3-5-8-14/h3-5,7-8,15-16,20H,6,9-13H2,1-2H3/t15-,16-,18?,19?/m1/s1. The monoisotopic (exact) mass is 330 g/mol. The van der Waals surface area contributed by atoms with Crippen molar-refractivity contribution in [2.24, 2.45) is 5.92 Å². The average molecular weight is 330 g/mol. The number of nitrogens with one attached hydrogen (secondary N) is 1. The van der Waals surface area contributed by atoms with E-state index < -0.39 is 5.54 Å². The molecule has 5 heteroatoms. The zero-order chi connectivity index (χ0) is 16.8. The predicted molar refractivity (Wildman–Crippen MR) is 90.1 cm³/mol. The molecular weight excluding hydrogens is 304 g/mol. The second-order valence-electron chi connectivity index (χ2n) is 7.62. The van der Waals surface area contributed by atoms with Crippen molar-refractivity contribution in [1.82, 2.24) is 10.2 Å². The molecule has 3 fully saturated rings. The van der Waals surface area contributed by atoms with Gasteiger partial charge in [0.05, 0.1) is 18.9 Å². The molecule has 3 aliphatic rings. The molecule has 1 N–H and O–H groups in total. The van der Waals surface area contributed by atoms with Crippen LogP contribution in [0.3, 0.4) is 0 Å². The summed E-state index contributed by atoms with van der Waals surface area (Å²) in [4.78, 5) is 15.6. The van der Waals surface area contributed by atoms with Gasteiger partial charge in [0.15, 0.2) is 6.23 Å². The Balaban J connectivity index is 1.71. The lowest BCUT2D eigenvalue weighted by Gasteiger charge is -2.51. The fourth-order valence-corrected chi connectivity index (χ4v) is 4.95. The predicted octanol–water partition coefficient (Wildman–Crippen LogP) is 2.44. The summed E-state index contributed by atoms with van der Waals surface area (Å²) in [5.74, 6) is 0.543. The van der Waals surface area contributed by atoms with E-state index in [0.717, 1.165) is 31.2 Å². The first-order valence-corrected chi connectivity index (χ1v) is 8.85. The normalized spacial score (nSPS) is 38.2. The summed E-state index contributed by atoms with van der Waals surface area (Å²) in [7, 11) is 1.66. The number of hydrogen-bond donors (Lipinski definition) is 1. The van der Waals surface area contributed by atoms with Crippen molar-refractivity contribution in [1.29, 1.82) is 0 Å². The minimum Gasteiger partial charge on any atom is -0.370 e. The first kappa shape index (κ1) is 16.1. The van der Waals surface area contributed by atoms with Crippen molar-refractivity contribution in [3.05, 3.63) is 35.9 Å². The SMILES string of the molecule is COCNC12CCC[C@@H]1CC1(C)CO[C@H](c3ccccc3)N1C2=O. The maximum Gasteiger partial charge on any atom is 0.246 e. The summed E-state index contributed by atoms with van der Waals surface area (Å²) in [6.45, 7) is 3.19. The minimum atomic E-state index is -0.490. The Morgan fingerprint density at radius 2 is 2.17 bits per heavy atom. The van der Waals surface area contributed by atoms with Crippen LogP contribution < -0.4 is 5.32 Å². The fraction of sp³-hybridized carbons (Fsp3) is 0.632. The number of amides is 1. The minimum absolute atomic E-state index is 0.183. The molecule has 130 valence electrons. The molecule has 1 aromatic carbocycles. The molecular formula is C19H26N2O3. The van der Waals surface area contributed by atoms with Crippen LogP contribution in [0.4, 0.5) is 0 Å².